The van der Waals surface area contributed by atoms with Crippen LogP contribution in [0.25, 0.3) is 0 Å². The lowest BCUT2D eigenvalue weighted by molar-refractivity contribution is -0.380. The predicted octanol–water partition coefficient (Wildman–Crippen LogP) is 14.3. The number of carbonyl (C=O) groups is 2. The molecule has 11 rings (SSSR count). The molecule has 546 valence electrons. The highest BCUT2D eigenvalue weighted by Crippen LogP contribution is 2.39. The largest absolute Gasteiger partial charge is 0.454 e. The van der Waals surface area contributed by atoms with Gasteiger partial charge in [0.05, 0.1) is 72.7 Å². The molecule has 0 bridgehead atoms. The van der Waals surface area contributed by atoms with Gasteiger partial charge < -0.3 is 75.8 Å². The zero-order valence-corrected chi connectivity index (χ0v) is 61.2. The number of esters is 2. The Bertz CT molecular complexity index is 3660. The van der Waals surface area contributed by atoms with Gasteiger partial charge in [-0.05, 0) is 57.3 Å². The number of carbonyl (C=O) groups excluding carboxylic acids is 2. The van der Waals surface area contributed by atoms with E-state index in [1.165, 1.54) is 13.8 Å². The third kappa shape index (κ3) is 24.1. The van der Waals surface area contributed by atoms with Crippen LogP contribution in [0, 0.1) is 0 Å². The minimum atomic E-state index is -1.45. The number of rotatable bonds is 39. The van der Waals surface area contributed by atoms with Gasteiger partial charge in [-0.3, -0.25) is 9.59 Å². The fourth-order valence-corrected chi connectivity index (χ4v) is 13.3. The fraction of sp³-hybridized carbons (Fsp3) is 0.398. The van der Waals surface area contributed by atoms with Gasteiger partial charge in [0.15, 0.2) is 31.1 Å². The van der Waals surface area contributed by atoms with E-state index in [4.69, 9.17) is 75.8 Å². The Morgan fingerprint density at radius 2 is 0.612 bits per heavy atom. The maximum absolute atomic E-state index is 13.9. The average Bonchev–Trinajstić information content (AvgIpc) is 0.768. The van der Waals surface area contributed by atoms with Gasteiger partial charge >= 0.3 is 11.9 Å². The van der Waals surface area contributed by atoms with Crippen LogP contribution in [0.15, 0.2) is 243 Å². The Balaban J connectivity index is 1.00. The Labute approximate surface area is 620 Å². The molecule has 8 aromatic carbocycles. The lowest BCUT2D eigenvalue weighted by atomic mass is 9.95. The second kappa shape index (κ2) is 41.7. The zero-order valence-electron chi connectivity index (χ0n) is 58.0. The smallest absolute Gasteiger partial charge is 0.303 e. The van der Waals surface area contributed by atoms with Crippen molar-refractivity contribution >= 4 is 43.8 Å². The molecule has 3 aliphatic heterocycles. The first-order valence-corrected chi connectivity index (χ1v) is 37.2. The second-order valence-corrected chi connectivity index (χ2v) is 27.5. The summed E-state index contributed by atoms with van der Waals surface area (Å²) in [5.74, 6) is -1.24. The van der Waals surface area contributed by atoms with Gasteiger partial charge in [-0.15, -0.1) is 0 Å². The maximum atomic E-state index is 13.9. The standard InChI is InChI=1S/C83H92Br2O18/c1-58(86)98-79-75(94-52-65-38-21-8-22-39-65)72(91-49-62-32-15-5-16-33-62)69(55-88-47-60-28-11-3-12-29-60)100-82(79)97-57-71-74(93-51-64-36-19-7-20-37-64)77(78(96-54-67-42-25-10-26-43-67)81(101-71)90-45-27-44-68(85)46-84)103-83-80(99-59(2)87)76(95-53-66-40-23-9-24-41-66)73(92-50-63-34-17-6-18-35-63)70(102-83)56-89-48-61-30-13-4-14-31-61/h3-26,28-43,68-83H,27,44-57H2,1-2H3/t68?,69-,70-,71-,72-,73-,74-,75+,76+,77+,78+,79+,80+,81+,82+,83-/m1/s1. The van der Waals surface area contributed by atoms with Crippen molar-refractivity contribution in [3.05, 3.63) is 287 Å². The number of benzene rings is 8. The third-order valence-corrected chi connectivity index (χ3v) is 20.1. The van der Waals surface area contributed by atoms with Gasteiger partial charge in [0, 0.05) is 30.6 Å². The van der Waals surface area contributed by atoms with Crippen LogP contribution in [0.5, 0.6) is 0 Å². The zero-order chi connectivity index (χ0) is 71.2. The second-order valence-electron chi connectivity index (χ2n) is 25.5. The van der Waals surface area contributed by atoms with Crippen LogP contribution < -0.4 is 0 Å². The van der Waals surface area contributed by atoms with E-state index in [9.17, 15) is 9.59 Å². The lowest BCUT2D eigenvalue weighted by Gasteiger charge is -2.50. The average molecular weight is 1540 g/mol. The molecule has 103 heavy (non-hydrogen) atoms. The summed E-state index contributed by atoms with van der Waals surface area (Å²) in [5, 5.41) is 0.721. The van der Waals surface area contributed by atoms with Gasteiger partial charge in [-0.25, -0.2) is 0 Å². The van der Waals surface area contributed by atoms with Crippen molar-refractivity contribution in [2.24, 2.45) is 0 Å². The molecule has 3 aliphatic rings. The van der Waals surface area contributed by atoms with Crippen LogP contribution in [0.4, 0.5) is 0 Å². The lowest BCUT2D eigenvalue weighted by Crippen LogP contribution is -2.67. The molecule has 0 spiro atoms. The Kier molecular flexibility index (Phi) is 31.3. The normalized spacial score (nSPS) is 25.1. The molecule has 20 heteroatoms. The minimum Gasteiger partial charge on any atom is -0.454 e. The summed E-state index contributed by atoms with van der Waals surface area (Å²) < 4.78 is 112. The molecule has 3 saturated heterocycles. The van der Waals surface area contributed by atoms with E-state index in [-0.39, 0.29) is 84.1 Å². The van der Waals surface area contributed by atoms with Gasteiger partial charge in [-0.1, -0.05) is 275 Å². The topological polar surface area (TPSA) is 182 Å². The van der Waals surface area contributed by atoms with Crippen molar-refractivity contribution in [3.63, 3.8) is 0 Å². The molecule has 3 fully saturated rings. The van der Waals surface area contributed by atoms with Crippen molar-refractivity contribution in [2.75, 3.05) is 31.8 Å². The summed E-state index contributed by atoms with van der Waals surface area (Å²) >= 11 is 7.42. The van der Waals surface area contributed by atoms with Crippen LogP contribution in [-0.2, 0) is 138 Å². The van der Waals surface area contributed by atoms with E-state index in [2.05, 4.69) is 31.9 Å². The quantitative estimate of drug-likeness (QED) is 0.0201. The van der Waals surface area contributed by atoms with Gasteiger partial charge in [0.2, 0.25) is 0 Å². The maximum Gasteiger partial charge on any atom is 0.303 e. The highest BCUT2D eigenvalue weighted by Gasteiger charge is 2.57. The Morgan fingerprint density at radius 3 is 0.951 bits per heavy atom. The summed E-state index contributed by atoms with van der Waals surface area (Å²) in [6, 6.07) is 78.1. The molecule has 3 heterocycles. The molecule has 0 radical (unpaired) electrons. The van der Waals surface area contributed by atoms with E-state index in [0.29, 0.717) is 6.42 Å². The third-order valence-electron chi connectivity index (χ3n) is 17.7. The van der Waals surface area contributed by atoms with Crippen molar-refractivity contribution in [3.8, 4) is 0 Å². The number of ether oxygens (including phenoxy) is 16. The minimum absolute atomic E-state index is 0.00952. The van der Waals surface area contributed by atoms with Crippen molar-refractivity contribution in [2.45, 2.75) is 176 Å². The molecule has 8 aromatic rings. The highest BCUT2D eigenvalue weighted by molar-refractivity contribution is 9.12. The van der Waals surface area contributed by atoms with E-state index in [1.807, 2.05) is 243 Å². The van der Waals surface area contributed by atoms with Crippen molar-refractivity contribution in [1.29, 1.82) is 0 Å². The molecule has 16 atom stereocenters. The highest BCUT2D eigenvalue weighted by atomic mass is 79.9. The summed E-state index contributed by atoms with van der Waals surface area (Å²) in [5.41, 5.74) is 7.09. The van der Waals surface area contributed by atoms with Crippen LogP contribution >= 0.6 is 31.9 Å². The van der Waals surface area contributed by atoms with E-state index in [0.717, 1.165) is 56.3 Å². The van der Waals surface area contributed by atoms with Gasteiger partial charge in [0.25, 0.3) is 0 Å². The van der Waals surface area contributed by atoms with Crippen molar-refractivity contribution in [1.82, 2.24) is 0 Å². The first-order valence-electron chi connectivity index (χ1n) is 35.2. The number of hydrogen-bond acceptors (Lipinski definition) is 18. The Morgan fingerprint density at radius 1 is 0.330 bits per heavy atom. The van der Waals surface area contributed by atoms with E-state index in [1.54, 1.807) is 0 Å². The van der Waals surface area contributed by atoms with Gasteiger partial charge in [0.1, 0.15) is 61.0 Å². The fourth-order valence-electron chi connectivity index (χ4n) is 12.6. The predicted molar refractivity (Wildman–Crippen MR) is 392 cm³/mol. The van der Waals surface area contributed by atoms with Crippen LogP contribution in [0.1, 0.15) is 71.2 Å². The van der Waals surface area contributed by atoms with Crippen molar-refractivity contribution < 1.29 is 85.4 Å². The van der Waals surface area contributed by atoms with E-state index < -0.39 is 104 Å². The number of halogens is 2. The van der Waals surface area contributed by atoms with Crippen LogP contribution in [0.3, 0.4) is 0 Å². The molecular formula is C83H92Br2O18. The summed E-state index contributed by atoms with van der Waals surface area (Å²) in [4.78, 5) is 27.8. The van der Waals surface area contributed by atoms with Gasteiger partial charge in [-0.2, -0.15) is 0 Å². The molecule has 0 N–H and O–H groups in total. The van der Waals surface area contributed by atoms with E-state index >= 15 is 0 Å². The van der Waals surface area contributed by atoms with Crippen LogP contribution in [0.2, 0.25) is 0 Å². The summed E-state index contributed by atoms with van der Waals surface area (Å²) in [6.45, 7) is 3.74. The first-order chi connectivity index (χ1) is 50.6. The van der Waals surface area contributed by atoms with Crippen LogP contribution in [-0.4, -0.2) is 141 Å². The summed E-state index contributed by atoms with van der Waals surface area (Å²) in [7, 11) is 0. The molecule has 0 aliphatic carbocycles. The molecule has 0 aromatic heterocycles. The molecule has 18 nitrogen and oxygen atoms in total. The Hall–Kier alpha value is -6.90. The molecule has 0 saturated carbocycles. The number of hydrogen-bond donors (Lipinski definition) is 0. The molecule has 1 unspecified atom stereocenters. The summed E-state index contributed by atoms with van der Waals surface area (Å²) in [6.07, 6.45) is -15.4. The molecule has 0 amide bonds. The number of alkyl halides is 2. The monoisotopic (exact) mass is 1530 g/mol. The molecular weight excluding hydrogens is 1440 g/mol. The SMILES string of the molecule is CC(=O)O[C@@H]1[C@@H](OC[C@H]2O[C@H](OCCCC(Br)CBr)[C@@H](OCc3ccccc3)[C@@H](O[C@H]3O[C@H](COCc4ccccc4)[C@@H](OCc4ccccc4)[C@H](OCc4ccccc4)[C@@H]3OC(C)=O)[C@@H]2OCc2ccccc2)O[C@H](COCc2ccccc2)[C@@H](OCc2ccccc2)[C@@H]1OCc1ccccc1. The first kappa shape index (κ1) is 77.2.